The van der Waals surface area contributed by atoms with Crippen LogP contribution in [-0.2, 0) is 35.9 Å². The minimum Gasteiger partial charge on any atom is -0.481 e. The second kappa shape index (κ2) is 14.6. The number of hydrogen-bond donors (Lipinski definition) is 2. The van der Waals surface area contributed by atoms with Gasteiger partial charge < -0.3 is 10.4 Å². The van der Waals surface area contributed by atoms with E-state index in [4.69, 9.17) is 9.97 Å². The van der Waals surface area contributed by atoms with E-state index in [1.54, 1.807) is 34.0 Å². The molecule has 1 aliphatic rings. The topological polar surface area (TPSA) is 101 Å². The zero-order valence-corrected chi connectivity index (χ0v) is 29.8. The third kappa shape index (κ3) is 8.60. The van der Waals surface area contributed by atoms with E-state index >= 15 is 0 Å². The summed E-state index contributed by atoms with van der Waals surface area (Å²) in [5.41, 5.74) is 10.00. The van der Waals surface area contributed by atoms with E-state index in [1.165, 1.54) is 22.2 Å². The van der Waals surface area contributed by atoms with Gasteiger partial charge in [-0.2, -0.15) is 0 Å². The fourth-order valence-corrected chi connectivity index (χ4v) is 8.27. The van der Waals surface area contributed by atoms with E-state index in [9.17, 15) is 9.90 Å². The van der Waals surface area contributed by atoms with Crippen molar-refractivity contribution in [2.75, 3.05) is 11.9 Å². The van der Waals surface area contributed by atoms with Gasteiger partial charge in [0.15, 0.2) is 0 Å². The second-order valence-corrected chi connectivity index (χ2v) is 16.2. The molecule has 2 aromatic carbocycles. The van der Waals surface area contributed by atoms with Crippen LogP contribution in [0.25, 0.3) is 20.4 Å². The lowest BCUT2D eigenvalue weighted by Crippen LogP contribution is -2.14. The maximum Gasteiger partial charge on any atom is 0.303 e. The molecule has 1 atom stereocenters. The van der Waals surface area contributed by atoms with Gasteiger partial charge in [0.05, 0.1) is 48.1 Å². The minimum absolute atomic E-state index is 0.0829. The summed E-state index contributed by atoms with van der Waals surface area (Å²) in [7, 11) is 0. The van der Waals surface area contributed by atoms with Gasteiger partial charge >= 0.3 is 5.97 Å². The Morgan fingerprint density at radius 1 is 0.957 bits per heavy atom. The van der Waals surface area contributed by atoms with Crippen molar-refractivity contribution in [1.82, 2.24) is 19.9 Å². The van der Waals surface area contributed by atoms with Gasteiger partial charge in [-0.05, 0) is 104 Å². The van der Waals surface area contributed by atoms with Crippen LogP contribution >= 0.6 is 34.0 Å². The molecule has 2 N–H and O–H groups in total. The molecule has 0 saturated heterocycles. The van der Waals surface area contributed by atoms with E-state index in [-0.39, 0.29) is 17.8 Å². The number of benzene rings is 2. The van der Waals surface area contributed by atoms with Crippen LogP contribution in [0.5, 0.6) is 0 Å². The number of pyridine rings is 1. The quantitative estimate of drug-likeness (QED) is 0.157. The standard InChI is InChI=1S/C26H28N4O2S2.C11H13NS/c1-16-28-22-13-18(8-10-23(22)34-16)19(14-25(31)32)12-21-15-33-24(29-21)6-2-5-20-9-7-17-4-3-11-27-26(17)30-20;1-11(2,3)8-4-5-9-10(6-8)13-7-12-9/h7-10,13,15,19H,2-6,11-12,14H2,1H3,(H,27,30)(H,31,32);4-7H,1-3H3. The summed E-state index contributed by atoms with van der Waals surface area (Å²) in [6.07, 6.45) is 5.82. The van der Waals surface area contributed by atoms with Crippen LogP contribution in [-0.4, -0.2) is 37.6 Å². The summed E-state index contributed by atoms with van der Waals surface area (Å²) in [5, 5.41) is 17.1. The Labute approximate surface area is 288 Å². The summed E-state index contributed by atoms with van der Waals surface area (Å²) in [5.74, 6) is 0.142. The predicted octanol–water partition coefficient (Wildman–Crippen LogP) is 9.38. The summed E-state index contributed by atoms with van der Waals surface area (Å²) in [4.78, 5) is 30.0. The summed E-state index contributed by atoms with van der Waals surface area (Å²) in [6.45, 7) is 9.69. The Balaban J connectivity index is 0.000000248. The zero-order chi connectivity index (χ0) is 33.0. The average molecular weight is 684 g/mol. The van der Waals surface area contributed by atoms with Gasteiger partial charge in [-0.25, -0.2) is 19.9 Å². The van der Waals surface area contributed by atoms with Crippen molar-refractivity contribution in [3.05, 3.63) is 97.5 Å². The van der Waals surface area contributed by atoms with E-state index in [1.807, 2.05) is 24.6 Å². The number of thiazole rings is 3. The second-order valence-electron chi connectivity index (χ2n) is 13.2. The van der Waals surface area contributed by atoms with Crippen molar-refractivity contribution >= 4 is 66.2 Å². The molecule has 0 bridgehead atoms. The molecule has 0 spiro atoms. The molecule has 7 nitrogen and oxygen atoms in total. The lowest BCUT2D eigenvalue weighted by atomic mass is 9.87. The first kappa shape index (κ1) is 33.2. The number of rotatable bonds is 9. The van der Waals surface area contributed by atoms with E-state index < -0.39 is 5.97 Å². The number of nitrogens with zero attached hydrogens (tertiary/aromatic N) is 4. The Morgan fingerprint density at radius 2 is 1.83 bits per heavy atom. The number of aliphatic carboxylic acids is 1. The molecule has 4 aromatic heterocycles. The molecule has 1 unspecified atom stereocenters. The molecular formula is C37H41N5O2S3. The van der Waals surface area contributed by atoms with Crippen molar-refractivity contribution in [1.29, 1.82) is 0 Å². The van der Waals surface area contributed by atoms with Crippen LogP contribution in [0, 0.1) is 6.92 Å². The molecule has 1 aliphatic heterocycles. The molecule has 0 radical (unpaired) electrons. The smallest absolute Gasteiger partial charge is 0.303 e. The first-order valence-electron chi connectivity index (χ1n) is 16.2. The molecule has 0 aliphatic carbocycles. The van der Waals surface area contributed by atoms with E-state index in [0.29, 0.717) is 6.42 Å². The number of carboxylic acid groups (broad SMARTS) is 1. The van der Waals surface area contributed by atoms with Gasteiger partial charge in [0, 0.05) is 17.6 Å². The Kier molecular flexibility index (Phi) is 10.3. The van der Waals surface area contributed by atoms with Crippen molar-refractivity contribution in [2.45, 2.75) is 84.0 Å². The third-order valence-electron chi connectivity index (χ3n) is 8.44. The highest BCUT2D eigenvalue weighted by atomic mass is 32.1. The Morgan fingerprint density at radius 3 is 2.66 bits per heavy atom. The van der Waals surface area contributed by atoms with Crippen LogP contribution < -0.4 is 5.32 Å². The number of carbonyl (C=O) groups is 1. The summed E-state index contributed by atoms with van der Waals surface area (Å²) in [6, 6.07) is 17.0. The van der Waals surface area contributed by atoms with Crippen molar-refractivity contribution in [2.24, 2.45) is 0 Å². The number of fused-ring (bicyclic) bond motifs is 3. The van der Waals surface area contributed by atoms with Gasteiger partial charge in [-0.1, -0.05) is 39.0 Å². The lowest BCUT2D eigenvalue weighted by Gasteiger charge is -2.18. The fraction of sp³-hybridized carbons (Fsp3) is 0.378. The average Bonchev–Trinajstić information content (AvgIpc) is 3.79. The Hall–Kier alpha value is -3.73. The van der Waals surface area contributed by atoms with E-state index in [0.717, 1.165) is 80.7 Å². The molecule has 47 heavy (non-hydrogen) atoms. The minimum atomic E-state index is -0.790. The first-order chi connectivity index (χ1) is 22.6. The summed E-state index contributed by atoms with van der Waals surface area (Å²) < 4.78 is 2.42. The number of carboxylic acids is 1. The van der Waals surface area contributed by atoms with Gasteiger partial charge in [0.2, 0.25) is 0 Å². The lowest BCUT2D eigenvalue weighted by molar-refractivity contribution is -0.137. The third-order valence-corrected chi connectivity index (χ3v) is 11.1. The van der Waals surface area contributed by atoms with Gasteiger partial charge in [-0.15, -0.1) is 34.0 Å². The maximum atomic E-state index is 11.6. The summed E-state index contributed by atoms with van der Waals surface area (Å²) >= 11 is 5.03. The van der Waals surface area contributed by atoms with Crippen LogP contribution in [0.2, 0.25) is 0 Å². The molecule has 5 heterocycles. The largest absolute Gasteiger partial charge is 0.481 e. The highest BCUT2D eigenvalue weighted by Gasteiger charge is 2.19. The molecular weight excluding hydrogens is 643 g/mol. The molecule has 10 heteroatoms. The zero-order valence-electron chi connectivity index (χ0n) is 27.4. The number of nitrogens with one attached hydrogen (secondary N) is 1. The van der Waals surface area contributed by atoms with Gasteiger partial charge in [0.25, 0.3) is 0 Å². The van der Waals surface area contributed by atoms with E-state index in [2.05, 4.69) is 77.8 Å². The van der Waals surface area contributed by atoms with Gasteiger partial charge in [-0.3, -0.25) is 4.79 Å². The number of aromatic nitrogens is 4. The molecule has 6 aromatic rings. The number of anilines is 1. The van der Waals surface area contributed by atoms with Crippen molar-refractivity contribution in [3.63, 3.8) is 0 Å². The highest BCUT2D eigenvalue weighted by molar-refractivity contribution is 7.18. The van der Waals surface area contributed by atoms with Crippen molar-refractivity contribution in [3.8, 4) is 0 Å². The predicted molar refractivity (Wildman–Crippen MR) is 197 cm³/mol. The highest BCUT2D eigenvalue weighted by Crippen LogP contribution is 2.31. The molecule has 0 amide bonds. The Bertz CT molecular complexity index is 1990. The molecule has 0 saturated carbocycles. The molecule has 0 fully saturated rings. The maximum absolute atomic E-state index is 11.6. The van der Waals surface area contributed by atoms with Crippen LogP contribution in [0.3, 0.4) is 0 Å². The molecule has 7 rings (SSSR count). The number of aryl methyl sites for hydroxylation is 4. The first-order valence-corrected chi connectivity index (χ1v) is 18.8. The van der Waals surface area contributed by atoms with Crippen LogP contribution in [0.1, 0.15) is 84.0 Å². The monoisotopic (exact) mass is 683 g/mol. The van der Waals surface area contributed by atoms with Gasteiger partial charge in [0.1, 0.15) is 5.82 Å². The SMILES string of the molecule is CC(C)(C)c1ccc2ncsc2c1.Cc1nc2cc(C(CC(=O)O)Cc3csc(CCCc4ccc5c(n4)NCCC5)n3)ccc2s1. The van der Waals surface area contributed by atoms with Crippen molar-refractivity contribution < 1.29 is 9.90 Å². The molecule has 244 valence electrons. The fourth-order valence-electron chi connectivity index (χ4n) is 5.89. The normalized spacial score (nSPS) is 13.5. The van der Waals surface area contributed by atoms with Crippen LogP contribution in [0.4, 0.5) is 5.82 Å². The number of hydrogen-bond acceptors (Lipinski definition) is 9. The van der Waals surface area contributed by atoms with Crippen LogP contribution in [0.15, 0.2) is 59.4 Å².